The molecule has 0 atom stereocenters. The van der Waals surface area contributed by atoms with Gasteiger partial charge in [-0.2, -0.15) is 5.10 Å². The fourth-order valence-electron chi connectivity index (χ4n) is 2.93. The van der Waals surface area contributed by atoms with E-state index in [0.29, 0.717) is 23.4 Å². The standard InChI is InChI=1S/C20H22N4O3/c1-12(2)24-19-15(11-21-24)10-17(13(3)22-19)20(27)23-16-6-4-5-14(9-16)7-8-18(25)26/h4-6,9-12H,7-8H2,1-3H3,(H,23,27)(H,25,26). The maximum atomic E-state index is 12.7. The van der Waals surface area contributed by atoms with Gasteiger partial charge in [0, 0.05) is 23.5 Å². The van der Waals surface area contributed by atoms with Gasteiger partial charge in [-0.05, 0) is 51.0 Å². The first-order chi connectivity index (χ1) is 12.8. The van der Waals surface area contributed by atoms with Gasteiger partial charge < -0.3 is 10.4 Å². The number of amides is 1. The summed E-state index contributed by atoms with van der Waals surface area (Å²) in [5.41, 5.74) is 3.36. The molecule has 0 radical (unpaired) electrons. The van der Waals surface area contributed by atoms with E-state index in [1.54, 1.807) is 37.4 Å². The number of benzene rings is 1. The van der Waals surface area contributed by atoms with Crippen molar-refractivity contribution < 1.29 is 14.7 Å². The third-order valence-corrected chi connectivity index (χ3v) is 4.31. The van der Waals surface area contributed by atoms with Crippen LogP contribution in [-0.2, 0) is 11.2 Å². The molecule has 140 valence electrons. The third kappa shape index (κ3) is 4.13. The summed E-state index contributed by atoms with van der Waals surface area (Å²) in [5, 5.41) is 16.8. The normalized spacial score (nSPS) is 11.1. The van der Waals surface area contributed by atoms with Crippen molar-refractivity contribution in [2.45, 2.75) is 39.7 Å². The lowest BCUT2D eigenvalue weighted by Crippen LogP contribution is -2.15. The zero-order valence-electron chi connectivity index (χ0n) is 15.6. The van der Waals surface area contributed by atoms with Crippen LogP contribution < -0.4 is 5.32 Å². The van der Waals surface area contributed by atoms with Crippen molar-refractivity contribution in [3.63, 3.8) is 0 Å². The first kappa shape index (κ1) is 18.6. The van der Waals surface area contributed by atoms with Crippen LogP contribution in [0.4, 0.5) is 5.69 Å². The van der Waals surface area contributed by atoms with Crippen molar-refractivity contribution in [2.24, 2.45) is 0 Å². The molecule has 0 unspecified atom stereocenters. The number of nitrogens with zero attached hydrogens (tertiary/aromatic N) is 3. The Morgan fingerprint density at radius 2 is 2.04 bits per heavy atom. The summed E-state index contributed by atoms with van der Waals surface area (Å²) in [6.07, 6.45) is 2.18. The first-order valence-electron chi connectivity index (χ1n) is 8.82. The second-order valence-corrected chi connectivity index (χ2v) is 6.77. The van der Waals surface area contributed by atoms with E-state index in [2.05, 4.69) is 15.4 Å². The maximum Gasteiger partial charge on any atom is 0.303 e. The number of carbonyl (C=O) groups is 2. The number of hydrogen-bond donors (Lipinski definition) is 2. The highest BCUT2D eigenvalue weighted by Gasteiger charge is 2.15. The molecule has 0 saturated carbocycles. The number of carboxylic acid groups (broad SMARTS) is 1. The van der Waals surface area contributed by atoms with Crippen LogP contribution in [0.5, 0.6) is 0 Å². The number of pyridine rings is 1. The highest BCUT2D eigenvalue weighted by Crippen LogP contribution is 2.21. The van der Waals surface area contributed by atoms with Crippen LogP contribution in [0, 0.1) is 6.92 Å². The average Bonchev–Trinajstić information content (AvgIpc) is 3.02. The van der Waals surface area contributed by atoms with Crippen LogP contribution >= 0.6 is 0 Å². The molecule has 0 saturated heterocycles. The van der Waals surface area contributed by atoms with Gasteiger partial charge in [-0.25, -0.2) is 9.67 Å². The minimum absolute atomic E-state index is 0.0525. The van der Waals surface area contributed by atoms with Crippen LogP contribution in [0.3, 0.4) is 0 Å². The zero-order chi connectivity index (χ0) is 19.6. The summed E-state index contributed by atoms with van der Waals surface area (Å²) < 4.78 is 1.83. The molecule has 2 heterocycles. The summed E-state index contributed by atoms with van der Waals surface area (Å²) in [4.78, 5) is 28.0. The summed E-state index contributed by atoms with van der Waals surface area (Å²) in [6, 6.07) is 9.19. The second kappa shape index (κ2) is 7.57. The molecular formula is C20H22N4O3. The van der Waals surface area contributed by atoms with Crippen LogP contribution in [0.25, 0.3) is 11.0 Å². The largest absolute Gasteiger partial charge is 0.481 e. The number of hydrogen-bond acceptors (Lipinski definition) is 4. The molecule has 7 nitrogen and oxygen atoms in total. The van der Waals surface area contributed by atoms with Crippen LogP contribution in [-0.4, -0.2) is 31.7 Å². The highest BCUT2D eigenvalue weighted by molar-refractivity contribution is 6.06. The Morgan fingerprint density at radius 3 is 2.74 bits per heavy atom. The predicted octanol–water partition coefficient (Wildman–Crippen LogP) is 3.59. The van der Waals surface area contributed by atoms with Gasteiger partial charge in [0.05, 0.1) is 17.5 Å². The Balaban J connectivity index is 1.83. The van der Waals surface area contributed by atoms with E-state index in [9.17, 15) is 9.59 Å². The van der Waals surface area contributed by atoms with Gasteiger partial charge >= 0.3 is 5.97 Å². The second-order valence-electron chi connectivity index (χ2n) is 6.77. The third-order valence-electron chi connectivity index (χ3n) is 4.31. The number of carboxylic acids is 1. The Bertz CT molecular complexity index is 1010. The van der Waals surface area contributed by atoms with Crippen molar-refractivity contribution in [2.75, 3.05) is 5.32 Å². The van der Waals surface area contributed by atoms with E-state index >= 15 is 0 Å². The van der Waals surface area contributed by atoms with E-state index < -0.39 is 5.97 Å². The van der Waals surface area contributed by atoms with Crippen molar-refractivity contribution >= 4 is 28.6 Å². The number of aryl methyl sites for hydroxylation is 2. The number of rotatable bonds is 6. The highest BCUT2D eigenvalue weighted by atomic mass is 16.4. The lowest BCUT2D eigenvalue weighted by Gasteiger charge is -2.10. The van der Waals surface area contributed by atoms with Crippen molar-refractivity contribution in [1.82, 2.24) is 14.8 Å². The number of anilines is 1. The molecule has 3 rings (SSSR count). The van der Waals surface area contributed by atoms with Gasteiger partial charge in [0.1, 0.15) is 0 Å². The molecular weight excluding hydrogens is 344 g/mol. The number of fused-ring (bicyclic) bond motifs is 1. The molecule has 3 aromatic rings. The predicted molar refractivity (Wildman–Crippen MR) is 103 cm³/mol. The molecule has 27 heavy (non-hydrogen) atoms. The van der Waals surface area contributed by atoms with Crippen LogP contribution in [0.1, 0.15) is 47.9 Å². The quantitative estimate of drug-likeness (QED) is 0.695. The van der Waals surface area contributed by atoms with E-state index in [4.69, 9.17) is 5.11 Å². The molecule has 7 heteroatoms. The molecule has 0 aliphatic carbocycles. The summed E-state index contributed by atoms with van der Waals surface area (Å²) in [7, 11) is 0. The van der Waals surface area contributed by atoms with Crippen molar-refractivity contribution in [3.05, 3.63) is 53.3 Å². The zero-order valence-corrected chi connectivity index (χ0v) is 15.6. The Morgan fingerprint density at radius 1 is 1.26 bits per heavy atom. The lowest BCUT2D eigenvalue weighted by atomic mass is 10.1. The molecule has 1 aromatic carbocycles. The SMILES string of the molecule is Cc1nc2c(cnn2C(C)C)cc1C(=O)Nc1cccc(CCC(=O)O)c1. The molecule has 2 N–H and O–H groups in total. The van der Waals surface area contributed by atoms with Gasteiger partial charge in [-0.3, -0.25) is 9.59 Å². The van der Waals surface area contributed by atoms with E-state index in [1.807, 2.05) is 24.6 Å². The molecule has 2 aromatic heterocycles. The minimum Gasteiger partial charge on any atom is -0.481 e. The van der Waals surface area contributed by atoms with Gasteiger partial charge in [0.2, 0.25) is 0 Å². The average molecular weight is 366 g/mol. The summed E-state index contributed by atoms with van der Waals surface area (Å²) in [5.74, 6) is -1.10. The fraction of sp³-hybridized carbons (Fsp3) is 0.300. The Kier molecular flexibility index (Phi) is 5.21. The molecule has 0 fully saturated rings. The monoisotopic (exact) mass is 366 g/mol. The Labute approximate surface area is 157 Å². The first-order valence-corrected chi connectivity index (χ1v) is 8.82. The molecule has 1 amide bonds. The van der Waals surface area contributed by atoms with Gasteiger partial charge in [0.15, 0.2) is 5.65 Å². The lowest BCUT2D eigenvalue weighted by molar-refractivity contribution is -0.136. The van der Waals surface area contributed by atoms with Crippen molar-refractivity contribution in [1.29, 1.82) is 0 Å². The number of aliphatic carboxylic acids is 1. The number of nitrogens with one attached hydrogen (secondary N) is 1. The van der Waals surface area contributed by atoms with Crippen molar-refractivity contribution in [3.8, 4) is 0 Å². The van der Waals surface area contributed by atoms with Crippen LogP contribution in [0.15, 0.2) is 36.5 Å². The van der Waals surface area contributed by atoms with Gasteiger partial charge in [-0.15, -0.1) is 0 Å². The Hall–Kier alpha value is -3.22. The molecule has 0 aliphatic heterocycles. The number of carbonyl (C=O) groups excluding carboxylic acids is 1. The van der Waals surface area contributed by atoms with Crippen LogP contribution in [0.2, 0.25) is 0 Å². The minimum atomic E-state index is -0.846. The molecule has 0 aliphatic rings. The molecule has 0 spiro atoms. The fourth-order valence-corrected chi connectivity index (χ4v) is 2.93. The summed E-state index contributed by atoms with van der Waals surface area (Å²) in [6.45, 7) is 5.86. The number of aromatic nitrogens is 3. The van der Waals surface area contributed by atoms with Gasteiger partial charge in [-0.1, -0.05) is 12.1 Å². The smallest absolute Gasteiger partial charge is 0.303 e. The topological polar surface area (TPSA) is 97.1 Å². The van der Waals surface area contributed by atoms with E-state index in [0.717, 1.165) is 16.6 Å². The van der Waals surface area contributed by atoms with E-state index in [1.165, 1.54) is 0 Å². The van der Waals surface area contributed by atoms with Gasteiger partial charge in [0.25, 0.3) is 5.91 Å². The maximum absolute atomic E-state index is 12.7. The summed E-state index contributed by atoms with van der Waals surface area (Å²) >= 11 is 0. The van der Waals surface area contributed by atoms with E-state index in [-0.39, 0.29) is 18.4 Å². The molecule has 0 bridgehead atoms.